The lowest BCUT2D eigenvalue weighted by Crippen LogP contribution is -2.38. The Bertz CT molecular complexity index is 592. The molecule has 0 bridgehead atoms. The molecule has 2 N–H and O–H groups in total. The van der Waals surface area contributed by atoms with Crippen molar-refractivity contribution in [2.24, 2.45) is 0 Å². The lowest BCUT2D eigenvalue weighted by Gasteiger charge is -2.23. The van der Waals surface area contributed by atoms with Gasteiger partial charge in [0.15, 0.2) is 0 Å². The van der Waals surface area contributed by atoms with E-state index in [1.807, 2.05) is 0 Å². The molecule has 0 saturated heterocycles. The Morgan fingerprint density at radius 2 is 1.82 bits per heavy atom. The monoisotopic (exact) mass is 329 g/mol. The van der Waals surface area contributed by atoms with Gasteiger partial charge in [-0.15, -0.1) is 0 Å². The molecule has 0 aromatic heterocycles. The van der Waals surface area contributed by atoms with Crippen LogP contribution in [0.1, 0.15) is 44.9 Å². The first kappa shape index (κ1) is 18.4. The number of ether oxygens (including phenoxy) is 1. The summed E-state index contributed by atoms with van der Waals surface area (Å²) < 4.78 is 37.7. The van der Waals surface area contributed by atoms with Crippen molar-refractivity contribution in [1.29, 1.82) is 0 Å². The van der Waals surface area contributed by atoms with Gasteiger partial charge in [-0.2, -0.15) is 8.42 Å². The molecule has 7 heteroatoms. The topological polar surface area (TPSA) is 92.7 Å². The number of hydrogen-bond acceptors (Lipinski definition) is 4. The summed E-state index contributed by atoms with van der Waals surface area (Å²) in [6.45, 7) is 6.87. The number of amides is 1. The van der Waals surface area contributed by atoms with E-state index in [-0.39, 0.29) is 6.42 Å². The highest BCUT2D eigenvalue weighted by molar-refractivity contribution is 7.86. The Kier molecular flexibility index (Phi) is 5.96. The van der Waals surface area contributed by atoms with E-state index >= 15 is 0 Å². The number of carbonyl (C=O) groups excluding carboxylic acids is 1. The average Bonchev–Trinajstić information content (AvgIpc) is 2.33. The summed E-state index contributed by atoms with van der Waals surface area (Å²) in [4.78, 5) is 11.7. The molecule has 124 valence electrons. The van der Waals surface area contributed by atoms with Crippen LogP contribution in [-0.4, -0.2) is 30.7 Å². The molecule has 0 fully saturated rings. The van der Waals surface area contributed by atoms with E-state index in [2.05, 4.69) is 5.32 Å². The van der Waals surface area contributed by atoms with Crippen molar-refractivity contribution in [2.45, 2.75) is 51.0 Å². The highest BCUT2D eigenvalue weighted by Crippen LogP contribution is 2.26. The Labute approximate surface area is 131 Å². The molecule has 6 nitrogen and oxygen atoms in total. The molecule has 0 aliphatic heterocycles. The maximum Gasteiger partial charge on any atom is 0.407 e. The molecular weight excluding hydrogens is 306 g/mol. The Balaban J connectivity index is 2.78. The zero-order valence-electron chi connectivity index (χ0n) is 13.2. The molecule has 0 spiro atoms. The summed E-state index contributed by atoms with van der Waals surface area (Å²) in [7, 11) is -4.28. The van der Waals surface area contributed by atoms with Crippen LogP contribution in [0.25, 0.3) is 0 Å². The zero-order valence-corrected chi connectivity index (χ0v) is 14.1. The molecule has 0 aliphatic carbocycles. The molecule has 22 heavy (non-hydrogen) atoms. The number of carbonyl (C=O) groups is 1. The summed E-state index contributed by atoms with van der Waals surface area (Å²) in [5, 5.41) is 1.47. The predicted octanol–water partition coefficient (Wildman–Crippen LogP) is 2.92. The molecule has 1 rings (SSSR count). The van der Waals surface area contributed by atoms with Crippen LogP contribution >= 0.6 is 0 Å². The summed E-state index contributed by atoms with van der Waals surface area (Å²) in [5.74, 6) is 0. The Morgan fingerprint density at radius 3 is 2.27 bits per heavy atom. The first-order chi connectivity index (χ1) is 9.99. The molecule has 1 aromatic carbocycles. The lowest BCUT2D eigenvalue weighted by molar-refractivity contribution is 0.0505. The molecule has 1 amide bonds. The summed E-state index contributed by atoms with van der Waals surface area (Å²) in [6.07, 6.45) is -0.579. The molecule has 2 atom stereocenters. The van der Waals surface area contributed by atoms with Crippen molar-refractivity contribution < 1.29 is 22.5 Å². The number of rotatable bonds is 5. The molecule has 0 saturated carbocycles. The summed E-state index contributed by atoms with van der Waals surface area (Å²) in [6, 6.07) is 7.91. The van der Waals surface area contributed by atoms with E-state index < -0.39 is 33.1 Å². The van der Waals surface area contributed by atoms with E-state index in [0.717, 1.165) is 0 Å². The van der Waals surface area contributed by atoms with Gasteiger partial charge >= 0.3 is 6.09 Å². The van der Waals surface area contributed by atoms with Crippen LogP contribution in [0.2, 0.25) is 0 Å². The van der Waals surface area contributed by atoms with Crippen LogP contribution in [0.5, 0.6) is 0 Å². The van der Waals surface area contributed by atoms with Crippen molar-refractivity contribution >= 4 is 16.2 Å². The van der Waals surface area contributed by atoms with Gasteiger partial charge in [0.05, 0.1) is 0 Å². The minimum atomic E-state index is -4.28. The number of alkyl carbamates (subject to hydrolysis) is 1. The number of nitrogens with one attached hydrogen (secondary N) is 1. The fourth-order valence-electron chi connectivity index (χ4n) is 1.99. The van der Waals surface area contributed by atoms with Crippen LogP contribution < -0.4 is 5.32 Å². The highest BCUT2D eigenvalue weighted by Gasteiger charge is 2.28. The first-order valence-corrected chi connectivity index (χ1v) is 8.50. The van der Waals surface area contributed by atoms with E-state index in [1.165, 1.54) is 0 Å². The van der Waals surface area contributed by atoms with E-state index in [0.29, 0.717) is 5.56 Å². The molecular formula is C15H23NO5S. The van der Waals surface area contributed by atoms with Gasteiger partial charge < -0.3 is 10.1 Å². The average molecular weight is 329 g/mol. The summed E-state index contributed by atoms with van der Waals surface area (Å²) in [5.41, 5.74) is -0.158. The van der Waals surface area contributed by atoms with Crippen LogP contribution in [0.15, 0.2) is 30.3 Å². The SMILES string of the molecule is C[C@@H](C[C@H](c1ccccc1)S(=O)(=O)O)NC(=O)OC(C)(C)C. The molecule has 0 heterocycles. The van der Waals surface area contributed by atoms with Gasteiger partial charge in [0, 0.05) is 6.04 Å². The maximum absolute atomic E-state index is 11.7. The lowest BCUT2D eigenvalue weighted by atomic mass is 10.1. The first-order valence-electron chi connectivity index (χ1n) is 7.00. The minimum Gasteiger partial charge on any atom is -0.444 e. The van der Waals surface area contributed by atoms with Crippen molar-refractivity contribution in [3.63, 3.8) is 0 Å². The van der Waals surface area contributed by atoms with Crippen LogP contribution in [-0.2, 0) is 14.9 Å². The third-order valence-electron chi connectivity index (χ3n) is 2.86. The van der Waals surface area contributed by atoms with E-state index in [9.17, 15) is 17.8 Å². The van der Waals surface area contributed by atoms with Gasteiger partial charge in [0.2, 0.25) is 0 Å². The van der Waals surface area contributed by atoms with Crippen LogP contribution in [0.3, 0.4) is 0 Å². The molecule has 1 aromatic rings. The molecule has 0 aliphatic rings. The van der Waals surface area contributed by atoms with Crippen LogP contribution in [0, 0.1) is 0 Å². The largest absolute Gasteiger partial charge is 0.444 e. The second-order valence-corrected chi connectivity index (χ2v) is 7.80. The van der Waals surface area contributed by atoms with Gasteiger partial charge in [-0.25, -0.2) is 4.79 Å². The minimum absolute atomic E-state index is 0.0437. The quantitative estimate of drug-likeness (QED) is 0.810. The third kappa shape index (κ3) is 6.44. The molecule has 0 unspecified atom stereocenters. The standard InChI is InChI=1S/C15H23NO5S/c1-11(16-14(17)21-15(2,3)4)10-13(22(18,19)20)12-8-6-5-7-9-12/h5-9,11,13H,10H2,1-4H3,(H,16,17)(H,18,19,20)/t11-,13+/m0/s1. The normalized spacial score (nSPS) is 15.0. The second kappa shape index (κ2) is 7.11. The third-order valence-corrected chi connectivity index (χ3v) is 4.05. The predicted molar refractivity (Wildman–Crippen MR) is 84.2 cm³/mol. The Hall–Kier alpha value is -1.60. The van der Waals surface area contributed by atoms with E-state index in [1.54, 1.807) is 58.0 Å². The van der Waals surface area contributed by atoms with Crippen molar-refractivity contribution in [3.05, 3.63) is 35.9 Å². The van der Waals surface area contributed by atoms with Crippen LogP contribution in [0.4, 0.5) is 4.79 Å². The van der Waals surface area contributed by atoms with Gasteiger partial charge in [-0.05, 0) is 39.7 Å². The smallest absolute Gasteiger partial charge is 0.407 e. The fraction of sp³-hybridized carbons (Fsp3) is 0.533. The van der Waals surface area contributed by atoms with Gasteiger partial charge in [0.25, 0.3) is 10.1 Å². The van der Waals surface area contributed by atoms with Crippen molar-refractivity contribution in [3.8, 4) is 0 Å². The summed E-state index contributed by atoms with van der Waals surface area (Å²) >= 11 is 0. The number of benzene rings is 1. The Morgan fingerprint density at radius 1 is 1.27 bits per heavy atom. The zero-order chi connectivity index (χ0) is 17.0. The van der Waals surface area contributed by atoms with Gasteiger partial charge in [0.1, 0.15) is 10.9 Å². The van der Waals surface area contributed by atoms with Crippen molar-refractivity contribution in [1.82, 2.24) is 5.32 Å². The maximum atomic E-state index is 11.7. The van der Waals surface area contributed by atoms with E-state index in [4.69, 9.17) is 4.74 Å². The van der Waals surface area contributed by atoms with Crippen molar-refractivity contribution in [2.75, 3.05) is 0 Å². The fourth-order valence-corrected chi connectivity index (χ4v) is 3.02. The number of hydrogen-bond donors (Lipinski definition) is 2. The van der Waals surface area contributed by atoms with Gasteiger partial charge in [-0.3, -0.25) is 4.55 Å². The van der Waals surface area contributed by atoms with Gasteiger partial charge in [-0.1, -0.05) is 30.3 Å². The second-order valence-electron chi connectivity index (χ2n) is 6.20. The highest BCUT2D eigenvalue weighted by atomic mass is 32.2. The molecule has 0 radical (unpaired) electrons.